The van der Waals surface area contributed by atoms with Crippen molar-refractivity contribution >= 4 is 34.6 Å². The molecule has 0 aliphatic rings. The van der Waals surface area contributed by atoms with E-state index in [0.29, 0.717) is 18.2 Å². The number of anilines is 1. The van der Waals surface area contributed by atoms with Crippen LogP contribution in [0.3, 0.4) is 0 Å². The van der Waals surface area contributed by atoms with Crippen LogP contribution < -0.4 is 5.32 Å². The van der Waals surface area contributed by atoms with Crippen LogP contribution in [0.15, 0.2) is 73.1 Å². The number of nitrogens with one attached hydrogen (secondary N) is 1. The SMILES string of the molecule is Cc1cccc(NC(=S)N(Cc2cccnc2)Cc2cccc(Cl)c2)c1. The van der Waals surface area contributed by atoms with Gasteiger partial charge in [0, 0.05) is 36.2 Å². The van der Waals surface area contributed by atoms with Crippen molar-refractivity contribution in [3.63, 3.8) is 0 Å². The first-order chi connectivity index (χ1) is 12.6. The van der Waals surface area contributed by atoms with Crippen molar-refractivity contribution in [3.05, 3.63) is 94.8 Å². The lowest BCUT2D eigenvalue weighted by molar-refractivity contribution is 0.412. The van der Waals surface area contributed by atoms with Crippen molar-refractivity contribution in [1.29, 1.82) is 0 Å². The number of aromatic nitrogens is 1. The van der Waals surface area contributed by atoms with E-state index >= 15 is 0 Å². The number of rotatable bonds is 5. The van der Waals surface area contributed by atoms with E-state index in [1.54, 1.807) is 6.20 Å². The van der Waals surface area contributed by atoms with E-state index in [4.69, 9.17) is 23.8 Å². The molecule has 0 saturated heterocycles. The third-order valence-electron chi connectivity index (χ3n) is 3.92. The summed E-state index contributed by atoms with van der Waals surface area (Å²) >= 11 is 11.8. The van der Waals surface area contributed by atoms with Gasteiger partial charge >= 0.3 is 0 Å². The van der Waals surface area contributed by atoms with Crippen molar-refractivity contribution in [2.45, 2.75) is 20.0 Å². The summed E-state index contributed by atoms with van der Waals surface area (Å²) in [5.74, 6) is 0. The Hall–Kier alpha value is -2.43. The van der Waals surface area contributed by atoms with E-state index in [2.05, 4.69) is 40.3 Å². The van der Waals surface area contributed by atoms with Gasteiger partial charge < -0.3 is 10.2 Å². The number of hydrogen-bond acceptors (Lipinski definition) is 2. The predicted octanol–water partition coefficient (Wildman–Crippen LogP) is 5.44. The monoisotopic (exact) mass is 381 g/mol. The first-order valence-electron chi connectivity index (χ1n) is 8.36. The molecule has 0 bridgehead atoms. The molecule has 5 heteroatoms. The maximum Gasteiger partial charge on any atom is 0.174 e. The van der Waals surface area contributed by atoms with E-state index in [-0.39, 0.29) is 0 Å². The van der Waals surface area contributed by atoms with Crippen LogP contribution in [0.2, 0.25) is 5.02 Å². The molecule has 0 amide bonds. The van der Waals surface area contributed by atoms with Gasteiger partial charge in [-0.3, -0.25) is 4.98 Å². The summed E-state index contributed by atoms with van der Waals surface area (Å²) < 4.78 is 0. The molecule has 3 nitrogen and oxygen atoms in total. The molecule has 0 saturated carbocycles. The fourth-order valence-electron chi connectivity index (χ4n) is 2.69. The molecule has 3 aromatic rings. The van der Waals surface area contributed by atoms with Crippen LogP contribution in [-0.4, -0.2) is 15.0 Å². The van der Waals surface area contributed by atoms with Gasteiger partial charge in [0.25, 0.3) is 0 Å². The van der Waals surface area contributed by atoms with Crippen LogP contribution in [0, 0.1) is 6.92 Å². The number of nitrogens with zero attached hydrogens (tertiary/aromatic N) is 2. The molecule has 26 heavy (non-hydrogen) atoms. The van der Waals surface area contributed by atoms with E-state index in [9.17, 15) is 0 Å². The average molecular weight is 382 g/mol. The van der Waals surface area contributed by atoms with Gasteiger partial charge in [-0.05, 0) is 66.2 Å². The molecule has 0 fully saturated rings. The lowest BCUT2D eigenvalue weighted by atomic mass is 10.2. The summed E-state index contributed by atoms with van der Waals surface area (Å²) in [5, 5.41) is 4.73. The highest BCUT2D eigenvalue weighted by Gasteiger charge is 2.12. The summed E-state index contributed by atoms with van der Waals surface area (Å²) in [5.41, 5.74) is 4.38. The lowest BCUT2D eigenvalue weighted by Crippen LogP contribution is -2.33. The van der Waals surface area contributed by atoms with Crippen LogP contribution in [0.5, 0.6) is 0 Å². The Morgan fingerprint density at radius 3 is 2.54 bits per heavy atom. The van der Waals surface area contributed by atoms with E-state index in [0.717, 1.165) is 21.8 Å². The zero-order valence-electron chi connectivity index (χ0n) is 14.5. The highest BCUT2D eigenvalue weighted by atomic mass is 35.5. The average Bonchev–Trinajstić information content (AvgIpc) is 2.62. The number of aryl methyl sites for hydroxylation is 1. The van der Waals surface area contributed by atoms with Gasteiger partial charge in [-0.25, -0.2) is 0 Å². The topological polar surface area (TPSA) is 28.2 Å². The van der Waals surface area contributed by atoms with Gasteiger partial charge in [-0.15, -0.1) is 0 Å². The zero-order valence-corrected chi connectivity index (χ0v) is 16.1. The lowest BCUT2D eigenvalue weighted by Gasteiger charge is -2.26. The Morgan fingerprint density at radius 2 is 1.81 bits per heavy atom. The van der Waals surface area contributed by atoms with Gasteiger partial charge in [-0.1, -0.05) is 41.9 Å². The first kappa shape index (κ1) is 18.4. The Labute approximate surface area is 164 Å². The summed E-state index contributed by atoms with van der Waals surface area (Å²) in [6.07, 6.45) is 3.63. The number of hydrogen-bond donors (Lipinski definition) is 1. The van der Waals surface area contributed by atoms with Crippen LogP contribution in [0.4, 0.5) is 5.69 Å². The molecular formula is C21H20ClN3S. The van der Waals surface area contributed by atoms with Crippen LogP contribution >= 0.6 is 23.8 Å². The number of halogens is 1. The molecule has 1 heterocycles. The Kier molecular flexibility index (Phi) is 6.21. The maximum atomic E-state index is 6.14. The molecule has 0 unspecified atom stereocenters. The molecule has 132 valence electrons. The minimum atomic E-state index is 0.660. The molecule has 1 aromatic heterocycles. The Morgan fingerprint density at radius 1 is 1.04 bits per heavy atom. The van der Waals surface area contributed by atoms with E-state index < -0.39 is 0 Å². The van der Waals surface area contributed by atoms with Gasteiger partial charge in [0.15, 0.2) is 5.11 Å². The largest absolute Gasteiger partial charge is 0.340 e. The van der Waals surface area contributed by atoms with Crippen LogP contribution in [0.1, 0.15) is 16.7 Å². The highest BCUT2D eigenvalue weighted by Crippen LogP contribution is 2.17. The van der Waals surface area contributed by atoms with Gasteiger partial charge in [0.05, 0.1) is 0 Å². The smallest absolute Gasteiger partial charge is 0.174 e. The minimum Gasteiger partial charge on any atom is -0.340 e. The summed E-state index contributed by atoms with van der Waals surface area (Å²) in [7, 11) is 0. The summed E-state index contributed by atoms with van der Waals surface area (Å²) in [6, 6.07) is 20.0. The maximum absolute atomic E-state index is 6.14. The number of benzene rings is 2. The zero-order chi connectivity index (χ0) is 18.4. The quantitative estimate of drug-likeness (QED) is 0.595. The van der Waals surface area contributed by atoms with Crippen molar-refractivity contribution in [1.82, 2.24) is 9.88 Å². The summed E-state index contributed by atoms with van der Waals surface area (Å²) in [4.78, 5) is 6.31. The van der Waals surface area contributed by atoms with Crippen LogP contribution in [-0.2, 0) is 13.1 Å². The van der Waals surface area contributed by atoms with Gasteiger partial charge in [0.1, 0.15) is 0 Å². The predicted molar refractivity (Wildman–Crippen MR) is 112 cm³/mol. The molecule has 0 aliphatic heterocycles. The second-order valence-corrected chi connectivity index (χ2v) is 6.97. The fourth-order valence-corrected chi connectivity index (χ4v) is 3.15. The molecular weight excluding hydrogens is 362 g/mol. The van der Waals surface area contributed by atoms with Crippen molar-refractivity contribution < 1.29 is 0 Å². The van der Waals surface area contributed by atoms with E-state index in [1.807, 2.05) is 48.7 Å². The van der Waals surface area contributed by atoms with Gasteiger partial charge in [0.2, 0.25) is 0 Å². The number of thiocarbonyl (C=S) groups is 1. The standard InChI is InChI=1S/C21H20ClN3S/c1-16-5-2-9-20(11-16)24-21(26)25(15-18-7-4-10-23-13-18)14-17-6-3-8-19(22)12-17/h2-13H,14-15H2,1H3,(H,24,26). The first-order valence-corrected chi connectivity index (χ1v) is 9.15. The molecule has 1 N–H and O–H groups in total. The second-order valence-electron chi connectivity index (χ2n) is 6.15. The summed E-state index contributed by atoms with van der Waals surface area (Å²) in [6.45, 7) is 3.39. The fraction of sp³-hybridized carbons (Fsp3) is 0.143. The molecule has 0 spiro atoms. The molecule has 0 aliphatic carbocycles. The van der Waals surface area contributed by atoms with Gasteiger partial charge in [-0.2, -0.15) is 0 Å². The van der Waals surface area contributed by atoms with Crippen LogP contribution in [0.25, 0.3) is 0 Å². The Bertz CT molecular complexity index is 883. The Balaban J connectivity index is 1.80. The third kappa shape index (κ3) is 5.28. The minimum absolute atomic E-state index is 0.660. The highest BCUT2D eigenvalue weighted by molar-refractivity contribution is 7.80. The third-order valence-corrected chi connectivity index (χ3v) is 4.51. The second kappa shape index (κ2) is 8.79. The molecule has 0 atom stereocenters. The van der Waals surface area contributed by atoms with E-state index in [1.165, 1.54) is 5.56 Å². The van der Waals surface area contributed by atoms with Crippen molar-refractivity contribution in [2.24, 2.45) is 0 Å². The van der Waals surface area contributed by atoms with Crippen molar-refractivity contribution in [3.8, 4) is 0 Å². The molecule has 0 radical (unpaired) electrons. The number of pyridine rings is 1. The van der Waals surface area contributed by atoms with Crippen molar-refractivity contribution in [2.75, 3.05) is 5.32 Å². The normalized spacial score (nSPS) is 10.4. The molecule has 3 rings (SSSR count). The molecule has 2 aromatic carbocycles.